The van der Waals surface area contributed by atoms with Gasteiger partial charge < -0.3 is 10.1 Å². The molecule has 0 saturated carbocycles. The molecule has 1 heterocycles. The maximum Gasteiger partial charge on any atom is 0.0615 e. The van der Waals surface area contributed by atoms with E-state index in [-0.39, 0.29) is 5.54 Å². The molecule has 0 bridgehead atoms. The molecule has 0 spiro atoms. The first-order chi connectivity index (χ1) is 8.65. The molecule has 0 radical (unpaired) electrons. The van der Waals surface area contributed by atoms with Crippen LogP contribution in [0, 0.1) is 0 Å². The molecule has 2 unspecified atom stereocenters. The predicted molar refractivity (Wildman–Crippen MR) is 74.7 cm³/mol. The van der Waals surface area contributed by atoms with E-state index in [4.69, 9.17) is 4.74 Å². The number of benzene rings is 1. The van der Waals surface area contributed by atoms with Crippen LogP contribution in [0.15, 0.2) is 30.3 Å². The van der Waals surface area contributed by atoms with E-state index in [2.05, 4.69) is 54.4 Å². The summed E-state index contributed by atoms with van der Waals surface area (Å²) in [6.07, 6.45) is 0. The third kappa shape index (κ3) is 2.91. The number of ether oxygens (including phenoxy) is 1. The van der Waals surface area contributed by atoms with Gasteiger partial charge >= 0.3 is 0 Å². The Hall–Kier alpha value is -0.900. The van der Waals surface area contributed by atoms with Crippen LogP contribution >= 0.6 is 0 Å². The van der Waals surface area contributed by atoms with Gasteiger partial charge in [0.05, 0.1) is 12.1 Å². The average Bonchev–Trinajstić information content (AvgIpc) is 2.40. The topological polar surface area (TPSA) is 24.5 Å². The van der Waals surface area contributed by atoms with Crippen molar-refractivity contribution in [2.45, 2.75) is 25.4 Å². The van der Waals surface area contributed by atoms with E-state index in [1.165, 1.54) is 5.56 Å². The van der Waals surface area contributed by atoms with E-state index >= 15 is 0 Å². The summed E-state index contributed by atoms with van der Waals surface area (Å²) in [7, 11) is 1.77. The fraction of sp³-hybridized carbons (Fsp3) is 0.600. The highest BCUT2D eigenvalue weighted by Gasteiger charge is 2.33. The van der Waals surface area contributed by atoms with E-state index < -0.39 is 0 Å². The van der Waals surface area contributed by atoms with Gasteiger partial charge in [-0.3, -0.25) is 4.90 Å². The van der Waals surface area contributed by atoms with Gasteiger partial charge in [-0.1, -0.05) is 30.3 Å². The lowest BCUT2D eigenvalue weighted by molar-refractivity contribution is 0.0563. The second kappa shape index (κ2) is 5.83. The van der Waals surface area contributed by atoms with Crippen molar-refractivity contribution in [3.05, 3.63) is 35.9 Å². The molecule has 1 aromatic rings. The minimum Gasteiger partial charge on any atom is -0.383 e. The van der Waals surface area contributed by atoms with Gasteiger partial charge in [-0.2, -0.15) is 0 Å². The first-order valence-corrected chi connectivity index (χ1v) is 6.69. The van der Waals surface area contributed by atoms with Crippen molar-refractivity contribution in [1.82, 2.24) is 10.2 Å². The molecule has 2 atom stereocenters. The summed E-state index contributed by atoms with van der Waals surface area (Å²) in [5, 5.41) is 3.66. The van der Waals surface area contributed by atoms with E-state index in [1.54, 1.807) is 7.11 Å². The van der Waals surface area contributed by atoms with Crippen molar-refractivity contribution in [3.63, 3.8) is 0 Å². The highest BCUT2D eigenvalue weighted by Crippen LogP contribution is 2.25. The van der Waals surface area contributed by atoms with Gasteiger partial charge in [0.15, 0.2) is 0 Å². The second-order valence-corrected chi connectivity index (χ2v) is 5.40. The average molecular weight is 248 g/mol. The largest absolute Gasteiger partial charge is 0.383 e. The molecule has 1 fully saturated rings. The Morgan fingerprint density at radius 3 is 2.78 bits per heavy atom. The van der Waals surface area contributed by atoms with Gasteiger partial charge in [0.25, 0.3) is 0 Å². The smallest absolute Gasteiger partial charge is 0.0615 e. The van der Waals surface area contributed by atoms with Gasteiger partial charge in [-0.15, -0.1) is 0 Å². The number of hydrogen-bond donors (Lipinski definition) is 1. The van der Waals surface area contributed by atoms with Crippen LogP contribution in [0.4, 0.5) is 0 Å². The summed E-state index contributed by atoms with van der Waals surface area (Å²) < 4.78 is 5.27. The summed E-state index contributed by atoms with van der Waals surface area (Å²) in [4.78, 5) is 2.51. The predicted octanol–water partition coefficient (Wildman–Crippen LogP) is 1.84. The Labute approximate surface area is 110 Å². The molecule has 1 aliphatic rings. The SMILES string of the molecule is COCC(C)N1CCNC(C)(c2ccccc2)C1. The Morgan fingerprint density at radius 2 is 2.11 bits per heavy atom. The summed E-state index contributed by atoms with van der Waals surface area (Å²) in [6, 6.07) is 11.2. The number of rotatable bonds is 4. The molecule has 1 N–H and O–H groups in total. The molecule has 3 heteroatoms. The third-order valence-corrected chi connectivity index (χ3v) is 3.88. The fourth-order valence-corrected chi connectivity index (χ4v) is 2.74. The van der Waals surface area contributed by atoms with Gasteiger partial charge in [0, 0.05) is 32.8 Å². The monoisotopic (exact) mass is 248 g/mol. The molecule has 1 aromatic carbocycles. The molecule has 1 aliphatic heterocycles. The first-order valence-electron chi connectivity index (χ1n) is 6.69. The minimum absolute atomic E-state index is 0.0432. The summed E-state index contributed by atoms with van der Waals surface area (Å²) >= 11 is 0. The Morgan fingerprint density at radius 1 is 1.39 bits per heavy atom. The van der Waals surface area contributed by atoms with Gasteiger partial charge in [-0.05, 0) is 19.4 Å². The fourth-order valence-electron chi connectivity index (χ4n) is 2.74. The van der Waals surface area contributed by atoms with E-state index in [0.29, 0.717) is 6.04 Å². The normalized spacial score (nSPS) is 27.1. The van der Waals surface area contributed by atoms with Crippen LogP contribution in [0.5, 0.6) is 0 Å². The minimum atomic E-state index is 0.0432. The van der Waals surface area contributed by atoms with E-state index in [0.717, 1.165) is 26.2 Å². The molecule has 18 heavy (non-hydrogen) atoms. The molecular formula is C15H24N2O. The first kappa shape index (κ1) is 13.5. The highest BCUT2D eigenvalue weighted by molar-refractivity contribution is 5.24. The van der Waals surface area contributed by atoms with Gasteiger partial charge in [0.2, 0.25) is 0 Å². The zero-order valence-electron chi connectivity index (χ0n) is 11.6. The zero-order chi connectivity index (χ0) is 13.0. The van der Waals surface area contributed by atoms with E-state index in [9.17, 15) is 0 Å². The Kier molecular flexibility index (Phi) is 4.38. The van der Waals surface area contributed by atoms with Crippen molar-refractivity contribution >= 4 is 0 Å². The standard InChI is InChI=1S/C15H24N2O/c1-13(11-18-3)17-10-9-16-15(2,12-17)14-7-5-4-6-8-14/h4-8,13,16H,9-12H2,1-3H3. The van der Waals surface area contributed by atoms with Crippen LogP contribution < -0.4 is 5.32 Å². The lowest BCUT2D eigenvalue weighted by atomic mass is 9.89. The summed E-state index contributed by atoms with van der Waals surface area (Å²) in [5.74, 6) is 0. The molecule has 100 valence electrons. The number of nitrogens with one attached hydrogen (secondary N) is 1. The molecule has 0 aliphatic carbocycles. The van der Waals surface area contributed by atoms with Crippen molar-refractivity contribution in [2.75, 3.05) is 33.4 Å². The number of methoxy groups -OCH3 is 1. The zero-order valence-corrected chi connectivity index (χ0v) is 11.6. The Bertz CT molecular complexity index is 368. The quantitative estimate of drug-likeness (QED) is 0.880. The van der Waals surface area contributed by atoms with Crippen LogP contribution in [-0.2, 0) is 10.3 Å². The highest BCUT2D eigenvalue weighted by atomic mass is 16.5. The molecule has 1 saturated heterocycles. The summed E-state index contributed by atoms with van der Waals surface area (Å²) in [6.45, 7) is 8.47. The molecule has 0 amide bonds. The number of hydrogen-bond acceptors (Lipinski definition) is 3. The maximum atomic E-state index is 5.27. The van der Waals surface area contributed by atoms with Crippen molar-refractivity contribution < 1.29 is 4.74 Å². The molecule has 3 nitrogen and oxygen atoms in total. The van der Waals surface area contributed by atoms with Crippen molar-refractivity contribution in [3.8, 4) is 0 Å². The molecule has 2 rings (SSSR count). The lowest BCUT2D eigenvalue weighted by Crippen LogP contribution is -2.59. The Balaban J connectivity index is 2.10. The summed E-state index contributed by atoms with van der Waals surface area (Å²) in [5.41, 5.74) is 1.40. The third-order valence-electron chi connectivity index (χ3n) is 3.88. The molecule has 0 aromatic heterocycles. The molecular weight excluding hydrogens is 224 g/mol. The lowest BCUT2D eigenvalue weighted by Gasteiger charge is -2.44. The van der Waals surface area contributed by atoms with Gasteiger partial charge in [0.1, 0.15) is 0 Å². The van der Waals surface area contributed by atoms with Crippen LogP contribution in [0.3, 0.4) is 0 Å². The second-order valence-electron chi connectivity index (χ2n) is 5.40. The van der Waals surface area contributed by atoms with Gasteiger partial charge in [-0.25, -0.2) is 0 Å². The number of piperazine rings is 1. The van der Waals surface area contributed by atoms with Crippen molar-refractivity contribution in [2.24, 2.45) is 0 Å². The van der Waals surface area contributed by atoms with Crippen LogP contribution in [0.1, 0.15) is 19.4 Å². The van der Waals surface area contributed by atoms with Crippen LogP contribution in [-0.4, -0.2) is 44.3 Å². The number of nitrogens with zero attached hydrogens (tertiary/aromatic N) is 1. The van der Waals surface area contributed by atoms with Crippen molar-refractivity contribution in [1.29, 1.82) is 0 Å². The van der Waals surface area contributed by atoms with Crippen LogP contribution in [0.25, 0.3) is 0 Å². The maximum absolute atomic E-state index is 5.27. The van der Waals surface area contributed by atoms with E-state index in [1.807, 2.05) is 0 Å². The van der Waals surface area contributed by atoms with Crippen LogP contribution in [0.2, 0.25) is 0 Å².